The van der Waals surface area contributed by atoms with Crippen LogP contribution in [0.4, 0.5) is 0 Å². The Balaban J connectivity index is 1.80. The van der Waals surface area contributed by atoms with E-state index in [4.69, 9.17) is 5.73 Å². The van der Waals surface area contributed by atoms with E-state index in [1.165, 1.54) is 11.1 Å². The van der Waals surface area contributed by atoms with Gasteiger partial charge in [-0.2, -0.15) is 0 Å². The normalized spacial score (nSPS) is 18.8. The third-order valence-corrected chi connectivity index (χ3v) is 3.12. The van der Waals surface area contributed by atoms with Crippen molar-refractivity contribution >= 4 is 5.96 Å². The van der Waals surface area contributed by atoms with Crippen LogP contribution in [-0.4, -0.2) is 19.0 Å². The standard InChI is InChI=1S/C14H21N3/c1-10(2)8-16-14(15)17-9-12-7-11-5-3-4-6-13(11)12/h3-6,10,12H,7-9H2,1-2H3,(H3,15,16,17). The molecule has 0 saturated heterocycles. The fraction of sp³-hybridized carbons (Fsp3) is 0.500. The Bertz CT molecular complexity index is 410. The van der Waals surface area contributed by atoms with Crippen LogP contribution in [0.3, 0.4) is 0 Å². The summed E-state index contributed by atoms with van der Waals surface area (Å²) in [6, 6.07) is 8.59. The summed E-state index contributed by atoms with van der Waals surface area (Å²) in [6.45, 7) is 5.96. The number of hydrogen-bond donors (Lipinski definition) is 2. The molecule has 1 aromatic rings. The van der Waals surface area contributed by atoms with Gasteiger partial charge >= 0.3 is 0 Å². The maximum atomic E-state index is 5.81. The Morgan fingerprint density at radius 3 is 2.94 bits per heavy atom. The van der Waals surface area contributed by atoms with E-state index < -0.39 is 0 Å². The molecule has 1 aliphatic rings. The molecule has 1 unspecified atom stereocenters. The molecule has 1 atom stereocenters. The third kappa shape index (κ3) is 2.99. The zero-order valence-electron chi connectivity index (χ0n) is 10.6. The fourth-order valence-electron chi connectivity index (χ4n) is 2.11. The minimum atomic E-state index is 0.555. The van der Waals surface area contributed by atoms with Crippen molar-refractivity contribution in [2.75, 3.05) is 13.1 Å². The van der Waals surface area contributed by atoms with Gasteiger partial charge in [0.2, 0.25) is 0 Å². The van der Waals surface area contributed by atoms with Crippen molar-refractivity contribution in [1.29, 1.82) is 0 Å². The highest BCUT2D eigenvalue weighted by Crippen LogP contribution is 2.33. The molecule has 0 bridgehead atoms. The van der Waals surface area contributed by atoms with E-state index in [1.807, 2.05) is 0 Å². The second kappa shape index (κ2) is 5.21. The van der Waals surface area contributed by atoms with Crippen LogP contribution in [0, 0.1) is 5.92 Å². The fourth-order valence-corrected chi connectivity index (χ4v) is 2.11. The summed E-state index contributed by atoms with van der Waals surface area (Å²) in [7, 11) is 0. The van der Waals surface area contributed by atoms with E-state index in [-0.39, 0.29) is 0 Å². The largest absolute Gasteiger partial charge is 0.370 e. The van der Waals surface area contributed by atoms with Crippen LogP contribution in [0.15, 0.2) is 29.3 Å². The van der Waals surface area contributed by atoms with Gasteiger partial charge in [0.15, 0.2) is 5.96 Å². The molecule has 17 heavy (non-hydrogen) atoms. The molecule has 0 aromatic heterocycles. The lowest BCUT2D eigenvalue weighted by Gasteiger charge is -2.30. The molecular weight excluding hydrogens is 210 g/mol. The molecule has 1 aromatic carbocycles. The number of nitrogens with zero attached hydrogens (tertiary/aromatic N) is 1. The zero-order chi connectivity index (χ0) is 12.3. The van der Waals surface area contributed by atoms with Gasteiger partial charge in [-0.1, -0.05) is 38.1 Å². The molecule has 0 saturated carbocycles. The maximum absolute atomic E-state index is 5.81. The van der Waals surface area contributed by atoms with Crippen molar-refractivity contribution in [3.63, 3.8) is 0 Å². The van der Waals surface area contributed by atoms with Gasteiger partial charge in [-0.05, 0) is 23.5 Å². The van der Waals surface area contributed by atoms with Crippen molar-refractivity contribution < 1.29 is 0 Å². The van der Waals surface area contributed by atoms with E-state index in [1.54, 1.807) is 0 Å². The lowest BCUT2D eigenvalue weighted by atomic mass is 9.78. The van der Waals surface area contributed by atoms with E-state index in [9.17, 15) is 0 Å². The molecule has 2 rings (SSSR count). The summed E-state index contributed by atoms with van der Waals surface area (Å²) >= 11 is 0. The van der Waals surface area contributed by atoms with E-state index in [0.29, 0.717) is 17.8 Å². The molecule has 92 valence electrons. The van der Waals surface area contributed by atoms with E-state index in [2.05, 4.69) is 48.4 Å². The SMILES string of the molecule is CC(C)CN=C(N)NCC1Cc2ccccc21. The molecule has 3 heteroatoms. The van der Waals surface area contributed by atoms with Crippen LogP contribution in [0.5, 0.6) is 0 Å². The minimum Gasteiger partial charge on any atom is -0.370 e. The first-order valence-corrected chi connectivity index (χ1v) is 6.28. The Labute approximate surface area is 103 Å². The minimum absolute atomic E-state index is 0.555. The highest BCUT2D eigenvalue weighted by Gasteiger charge is 2.24. The summed E-state index contributed by atoms with van der Waals surface area (Å²) in [5.74, 6) is 1.72. The maximum Gasteiger partial charge on any atom is 0.188 e. The Kier molecular flexibility index (Phi) is 3.67. The molecular formula is C14H21N3. The smallest absolute Gasteiger partial charge is 0.188 e. The van der Waals surface area contributed by atoms with Gasteiger partial charge in [0, 0.05) is 19.0 Å². The number of aliphatic imine (C=N–C) groups is 1. The predicted molar refractivity (Wildman–Crippen MR) is 72.2 cm³/mol. The number of rotatable bonds is 4. The van der Waals surface area contributed by atoms with Crippen molar-refractivity contribution in [3.8, 4) is 0 Å². The highest BCUT2D eigenvalue weighted by atomic mass is 15.1. The van der Waals surface area contributed by atoms with Crippen LogP contribution >= 0.6 is 0 Å². The van der Waals surface area contributed by atoms with Gasteiger partial charge in [0.25, 0.3) is 0 Å². The predicted octanol–water partition coefficient (Wildman–Crippen LogP) is 1.89. The van der Waals surface area contributed by atoms with E-state index in [0.717, 1.165) is 19.5 Å². The molecule has 3 N–H and O–H groups in total. The molecule has 0 heterocycles. The van der Waals surface area contributed by atoms with Gasteiger partial charge in [-0.3, -0.25) is 4.99 Å². The first-order chi connectivity index (χ1) is 8.16. The average molecular weight is 231 g/mol. The van der Waals surface area contributed by atoms with E-state index >= 15 is 0 Å². The summed E-state index contributed by atoms with van der Waals surface area (Å²) in [6.07, 6.45) is 1.15. The van der Waals surface area contributed by atoms with Gasteiger partial charge in [0.1, 0.15) is 0 Å². The first kappa shape index (κ1) is 12.0. The Hall–Kier alpha value is -1.51. The summed E-state index contributed by atoms with van der Waals surface area (Å²) in [4.78, 5) is 4.29. The lowest BCUT2D eigenvalue weighted by molar-refractivity contribution is 0.586. The molecule has 3 nitrogen and oxygen atoms in total. The lowest BCUT2D eigenvalue weighted by Crippen LogP contribution is -2.38. The third-order valence-electron chi connectivity index (χ3n) is 3.12. The molecule has 0 amide bonds. The van der Waals surface area contributed by atoms with Gasteiger partial charge in [0.05, 0.1) is 0 Å². The van der Waals surface area contributed by atoms with Crippen LogP contribution < -0.4 is 11.1 Å². The number of nitrogens with one attached hydrogen (secondary N) is 1. The van der Waals surface area contributed by atoms with Crippen LogP contribution in [0.1, 0.15) is 30.9 Å². The monoisotopic (exact) mass is 231 g/mol. The van der Waals surface area contributed by atoms with Gasteiger partial charge < -0.3 is 11.1 Å². The molecule has 0 radical (unpaired) electrons. The molecule has 0 aliphatic heterocycles. The van der Waals surface area contributed by atoms with Crippen LogP contribution in [0.25, 0.3) is 0 Å². The van der Waals surface area contributed by atoms with Gasteiger partial charge in [-0.15, -0.1) is 0 Å². The average Bonchev–Trinajstić information content (AvgIpc) is 2.27. The Morgan fingerprint density at radius 2 is 2.24 bits per heavy atom. The molecule has 0 fully saturated rings. The number of fused-ring (bicyclic) bond motifs is 1. The number of nitrogens with two attached hydrogens (primary N) is 1. The van der Waals surface area contributed by atoms with Crippen molar-refractivity contribution in [2.45, 2.75) is 26.2 Å². The quantitative estimate of drug-likeness (QED) is 0.614. The Morgan fingerprint density at radius 1 is 1.47 bits per heavy atom. The zero-order valence-corrected chi connectivity index (χ0v) is 10.6. The summed E-state index contributed by atoms with van der Waals surface area (Å²) in [5.41, 5.74) is 8.73. The number of guanidine groups is 1. The first-order valence-electron chi connectivity index (χ1n) is 6.28. The van der Waals surface area contributed by atoms with Crippen molar-refractivity contribution in [3.05, 3.63) is 35.4 Å². The van der Waals surface area contributed by atoms with Crippen LogP contribution in [-0.2, 0) is 6.42 Å². The second-order valence-electron chi connectivity index (χ2n) is 5.10. The number of benzene rings is 1. The van der Waals surface area contributed by atoms with Gasteiger partial charge in [-0.25, -0.2) is 0 Å². The summed E-state index contributed by atoms with van der Waals surface area (Å²) in [5, 5.41) is 3.21. The molecule has 1 aliphatic carbocycles. The second-order valence-corrected chi connectivity index (χ2v) is 5.10. The highest BCUT2D eigenvalue weighted by molar-refractivity contribution is 5.77. The van der Waals surface area contributed by atoms with Crippen molar-refractivity contribution in [1.82, 2.24) is 5.32 Å². The molecule has 0 spiro atoms. The topological polar surface area (TPSA) is 50.4 Å². The van der Waals surface area contributed by atoms with Crippen molar-refractivity contribution in [2.24, 2.45) is 16.6 Å². The van der Waals surface area contributed by atoms with Crippen LogP contribution in [0.2, 0.25) is 0 Å². The number of hydrogen-bond acceptors (Lipinski definition) is 1. The summed E-state index contributed by atoms with van der Waals surface area (Å²) < 4.78 is 0.